The first-order valence-corrected chi connectivity index (χ1v) is 8.65. The van der Waals surface area contributed by atoms with Crippen LogP contribution in [0.25, 0.3) is 5.52 Å². The highest BCUT2D eigenvalue weighted by atomic mass is 16.3. The fourth-order valence-electron chi connectivity index (χ4n) is 3.64. The molecule has 3 heterocycles. The molecule has 3 aromatic rings. The molecule has 0 aliphatic carbocycles. The first-order chi connectivity index (χ1) is 12.2. The number of amides is 1. The molecule has 5 nitrogen and oxygen atoms in total. The van der Waals surface area contributed by atoms with Crippen molar-refractivity contribution < 1.29 is 9.90 Å². The molecule has 5 heteroatoms. The Kier molecular flexibility index (Phi) is 4.24. The highest BCUT2D eigenvalue weighted by Gasteiger charge is 2.28. The summed E-state index contributed by atoms with van der Waals surface area (Å²) in [5, 5.41) is 13.5. The van der Waals surface area contributed by atoms with Gasteiger partial charge in [0.05, 0.1) is 23.9 Å². The van der Waals surface area contributed by atoms with Crippen molar-refractivity contribution in [3.63, 3.8) is 0 Å². The van der Waals surface area contributed by atoms with Gasteiger partial charge in [-0.15, -0.1) is 0 Å². The summed E-state index contributed by atoms with van der Waals surface area (Å²) in [4.78, 5) is 14.8. The second-order valence-corrected chi connectivity index (χ2v) is 6.68. The Morgan fingerprint density at radius 2 is 2.08 bits per heavy atom. The number of nitrogens with zero attached hydrogens (tertiary/aromatic N) is 3. The number of rotatable bonds is 4. The number of carbonyl (C=O) groups excluding carboxylic acids is 1. The maximum atomic E-state index is 12.9. The monoisotopic (exact) mass is 335 g/mol. The van der Waals surface area contributed by atoms with E-state index in [9.17, 15) is 9.90 Å². The van der Waals surface area contributed by atoms with Crippen molar-refractivity contribution in [3.8, 4) is 0 Å². The molecule has 1 aliphatic rings. The van der Waals surface area contributed by atoms with Gasteiger partial charge in [-0.25, -0.2) is 4.52 Å². The Labute approximate surface area is 146 Å². The molecule has 1 atom stereocenters. The fraction of sp³-hybridized carbons (Fsp3) is 0.300. The van der Waals surface area contributed by atoms with Crippen LogP contribution < -0.4 is 0 Å². The minimum Gasteiger partial charge on any atom is -0.392 e. The molecule has 25 heavy (non-hydrogen) atoms. The molecule has 0 bridgehead atoms. The van der Waals surface area contributed by atoms with Crippen LogP contribution in [-0.4, -0.2) is 38.6 Å². The molecule has 4 rings (SSSR count). The van der Waals surface area contributed by atoms with E-state index in [1.165, 1.54) is 5.56 Å². The summed E-state index contributed by atoms with van der Waals surface area (Å²) in [7, 11) is 0. The molecule has 1 amide bonds. The van der Waals surface area contributed by atoms with E-state index in [4.69, 9.17) is 0 Å². The van der Waals surface area contributed by atoms with Gasteiger partial charge >= 0.3 is 0 Å². The molecule has 1 aliphatic heterocycles. The number of pyridine rings is 1. The van der Waals surface area contributed by atoms with E-state index in [-0.39, 0.29) is 12.5 Å². The van der Waals surface area contributed by atoms with E-state index >= 15 is 0 Å². The van der Waals surface area contributed by atoms with Gasteiger partial charge < -0.3 is 10.0 Å². The highest BCUT2D eigenvalue weighted by molar-refractivity contribution is 6.00. The highest BCUT2D eigenvalue weighted by Crippen LogP contribution is 2.24. The van der Waals surface area contributed by atoms with E-state index in [0.29, 0.717) is 11.5 Å². The van der Waals surface area contributed by atoms with Crippen LogP contribution >= 0.6 is 0 Å². The Hall–Kier alpha value is -2.66. The van der Waals surface area contributed by atoms with Crippen molar-refractivity contribution in [3.05, 3.63) is 71.5 Å². The number of benzene rings is 1. The summed E-state index contributed by atoms with van der Waals surface area (Å²) in [5.41, 5.74) is 3.69. The van der Waals surface area contributed by atoms with Gasteiger partial charge in [0.2, 0.25) is 0 Å². The number of likely N-dealkylation sites (tertiary alicyclic amines) is 1. The van der Waals surface area contributed by atoms with E-state index in [1.807, 2.05) is 41.4 Å². The number of fused-ring (bicyclic) bond motifs is 1. The summed E-state index contributed by atoms with van der Waals surface area (Å²) in [6.07, 6.45) is 5.46. The van der Waals surface area contributed by atoms with Crippen molar-refractivity contribution in [2.24, 2.45) is 5.92 Å². The lowest BCUT2D eigenvalue weighted by atomic mass is 9.97. The largest absolute Gasteiger partial charge is 0.392 e. The van der Waals surface area contributed by atoms with Gasteiger partial charge in [0.25, 0.3) is 5.91 Å². The zero-order valence-electron chi connectivity index (χ0n) is 14.0. The van der Waals surface area contributed by atoms with Gasteiger partial charge in [0.1, 0.15) is 0 Å². The minimum atomic E-state index is 0.0628. The van der Waals surface area contributed by atoms with Gasteiger partial charge in [-0.1, -0.05) is 30.3 Å². The summed E-state index contributed by atoms with van der Waals surface area (Å²) in [6, 6.07) is 13.8. The number of hydrogen-bond donors (Lipinski definition) is 1. The predicted molar refractivity (Wildman–Crippen MR) is 95.3 cm³/mol. The topological polar surface area (TPSA) is 57.8 Å². The summed E-state index contributed by atoms with van der Waals surface area (Å²) in [5.74, 6) is 0.521. The SMILES string of the molecule is O=C(c1cnn2ccccc12)N1CCC(Cc2cccc(CO)c2)C1. The lowest BCUT2D eigenvalue weighted by Gasteiger charge is -2.16. The molecular formula is C20H21N3O2. The third kappa shape index (κ3) is 3.15. The van der Waals surface area contributed by atoms with E-state index in [2.05, 4.69) is 17.2 Å². The number of aliphatic hydroxyl groups excluding tert-OH is 1. The normalized spacial score (nSPS) is 17.3. The van der Waals surface area contributed by atoms with E-state index in [0.717, 1.165) is 37.0 Å². The number of carbonyl (C=O) groups is 1. The molecule has 1 aromatic carbocycles. The maximum absolute atomic E-state index is 12.9. The number of aliphatic hydroxyl groups is 1. The van der Waals surface area contributed by atoms with Gasteiger partial charge in [-0.3, -0.25) is 4.79 Å². The van der Waals surface area contributed by atoms with Crippen molar-refractivity contribution >= 4 is 11.4 Å². The van der Waals surface area contributed by atoms with Gasteiger partial charge in [0, 0.05) is 19.3 Å². The number of hydrogen-bond acceptors (Lipinski definition) is 3. The first kappa shape index (κ1) is 15.8. The minimum absolute atomic E-state index is 0.0628. The first-order valence-electron chi connectivity index (χ1n) is 8.65. The third-order valence-corrected chi connectivity index (χ3v) is 4.93. The maximum Gasteiger partial charge on any atom is 0.257 e. The molecule has 1 N–H and O–H groups in total. The predicted octanol–water partition coefficient (Wildman–Crippen LogP) is 2.53. The molecule has 2 aromatic heterocycles. The Morgan fingerprint density at radius 3 is 2.96 bits per heavy atom. The Morgan fingerprint density at radius 1 is 1.20 bits per heavy atom. The molecule has 1 saturated heterocycles. The quantitative estimate of drug-likeness (QED) is 0.797. The fourth-order valence-corrected chi connectivity index (χ4v) is 3.64. The van der Waals surface area contributed by atoms with E-state index in [1.54, 1.807) is 10.7 Å². The third-order valence-electron chi connectivity index (χ3n) is 4.93. The average molecular weight is 335 g/mol. The summed E-state index contributed by atoms with van der Waals surface area (Å²) < 4.78 is 1.74. The molecule has 1 fully saturated rings. The zero-order chi connectivity index (χ0) is 17.2. The van der Waals surface area contributed by atoms with Crippen LogP contribution in [0.1, 0.15) is 27.9 Å². The summed E-state index contributed by atoms with van der Waals surface area (Å²) >= 11 is 0. The van der Waals surface area contributed by atoms with Gasteiger partial charge in [-0.2, -0.15) is 5.10 Å². The van der Waals surface area contributed by atoms with Crippen LogP contribution in [0.15, 0.2) is 54.9 Å². The van der Waals surface area contributed by atoms with Crippen molar-refractivity contribution in [1.29, 1.82) is 0 Å². The van der Waals surface area contributed by atoms with Crippen LogP contribution in [0.2, 0.25) is 0 Å². The smallest absolute Gasteiger partial charge is 0.257 e. The van der Waals surface area contributed by atoms with Crippen LogP contribution in [0.3, 0.4) is 0 Å². The second kappa shape index (κ2) is 6.69. The van der Waals surface area contributed by atoms with E-state index < -0.39 is 0 Å². The van der Waals surface area contributed by atoms with Crippen molar-refractivity contribution in [1.82, 2.24) is 14.5 Å². The lowest BCUT2D eigenvalue weighted by molar-refractivity contribution is 0.0789. The van der Waals surface area contributed by atoms with Crippen LogP contribution in [0, 0.1) is 5.92 Å². The van der Waals surface area contributed by atoms with Gasteiger partial charge in [-0.05, 0) is 42.0 Å². The zero-order valence-corrected chi connectivity index (χ0v) is 14.0. The standard InChI is InChI=1S/C20H21N3O2/c24-14-17-5-3-4-15(11-17)10-16-7-9-22(13-16)20(25)18-12-21-23-8-2-1-6-19(18)23/h1-6,8,11-12,16,24H,7,9-10,13-14H2. The van der Waals surface area contributed by atoms with Crippen LogP contribution in [0.5, 0.6) is 0 Å². The second-order valence-electron chi connectivity index (χ2n) is 6.68. The summed E-state index contributed by atoms with van der Waals surface area (Å²) in [6.45, 7) is 1.62. The van der Waals surface area contributed by atoms with Crippen LogP contribution in [0.4, 0.5) is 0 Å². The Bertz CT molecular complexity index is 903. The lowest BCUT2D eigenvalue weighted by Crippen LogP contribution is -2.28. The van der Waals surface area contributed by atoms with Gasteiger partial charge in [0.15, 0.2) is 0 Å². The molecule has 1 unspecified atom stereocenters. The molecule has 0 radical (unpaired) electrons. The van der Waals surface area contributed by atoms with Crippen LogP contribution in [-0.2, 0) is 13.0 Å². The Balaban J connectivity index is 1.46. The average Bonchev–Trinajstić information content (AvgIpc) is 3.28. The van der Waals surface area contributed by atoms with Crippen molar-refractivity contribution in [2.75, 3.05) is 13.1 Å². The van der Waals surface area contributed by atoms with Crippen molar-refractivity contribution in [2.45, 2.75) is 19.4 Å². The number of aromatic nitrogens is 2. The molecule has 0 saturated carbocycles. The molecule has 128 valence electrons. The molecule has 0 spiro atoms. The molecular weight excluding hydrogens is 314 g/mol.